The molecule has 0 saturated carbocycles. The van der Waals surface area contributed by atoms with Crippen LogP contribution in [0.2, 0.25) is 5.02 Å². The molecule has 1 aliphatic rings. The van der Waals surface area contributed by atoms with Crippen LogP contribution in [0.5, 0.6) is 0 Å². The first kappa shape index (κ1) is 16.7. The monoisotopic (exact) mass is 325 g/mol. The van der Waals surface area contributed by atoms with E-state index in [1.807, 2.05) is 6.92 Å². The summed E-state index contributed by atoms with van der Waals surface area (Å²) < 4.78 is 0. The molecule has 1 unspecified atom stereocenters. The number of nitro groups is 1. The van der Waals surface area contributed by atoms with Crippen LogP contribution >= 0.6 is 11.6 Å². The number of hydrogen-bond donors (Lipinski definition) is 1. The summed E-state index contributed by atoms with van der Waals surface area (Å²) in [6.45, 7) is 5.90. The number of nitro benzene ring substituents is 1. The molecule has 1 aromatic rings. The fraction of sp³-hybridized carbons (Fsp3) is 0.533. The molecule has 1 amide bonds. The molecule has 7 heteroatoms. The Morgan fingerprint density at radius 2 is 2.09 bits per heavy atom. The number of hydrogen-bond acceptors (Lipinski definition) is 4. The summed E-state index contributed by atoms with van der Waals surface area (Å²) in [4.78, 5) is 24.6. The maximum atomic E-state index is 12.3. The first-order chi connectivity index (χ1) is 10.4. The molecule has 0 aromatic heterocycles. The maximum Gasteiger partial charge on any atom is 0.271 e. The molecular weight excluding hydrogens is 306 g/mol. The van der Waals surface area contributed by atoms with Gasteiger partial charge >= 0.3 is 0 Å². The molecule has 0 aliphatic carbocycles. The van der Waals surface area contributed by atoms with Crippen LogP contribution in [0.4, 0.5) is 11.4 Å². The number of likely N-dealkylation sites (tertiary alicyclic amines) is 1. The fourth-order valence-corrected chi connectivity index (χ4v) is 2.76. The lowest BCUT2D eigenvalue weighted by Gasteiger charge is -2.34. The lowest BCUT2D eigenvalue weighted by Crippen LogP contribution is -2.45. The van der Waals surface area contributed by atoms with Crippen molar-refractivity contribution < 1.29 is 9.72 Å². The van der Waals surface area contributed by atoms with Gasteiger partial charge in [-0.2, -0.15) is 0 Å². The summed E-state index contributed by atoms with van der Waals surface area (Å²) in [6, 6.07) is 3.78. The average Bonchev–Trinajstić information content (AvgIpc) is 2.49. The van der Waals surface area contributed by atoms with Crippen LogP contribution in [-0.2, 0) is 4.79 Å². The van der Waals surface area contributed by atoms with Gasteiger partial charge in [0.1, 0.15) is 0 Å². The Morgan fingerprint density at radius 3 is 2.64 bits per heavy atom. The predicted molar refractivity (Wildman–Crippen MR) is 86.2 cm³/mol. The van der Waals surface area contributed by atoms with Gasteiger partial charge in [-0.1, -0.05) is 18.5 Å². The van der Waals surface area contributed by atoms with Crippen LogP contribution in [-0.4, -0.2) is 34.9 Å². The summed E-state index contributed by atoms with van der Waals surface area (Å²) in [6.07, 6.45) is 2.19. The average molecular weight is 326 g/mol. The third kappa shape index (κ3) is 3.96. The van der Waals surface area contributed by atoms with E-state index in [0.29, 0.717) is 11.6 Å². The van der Waals surface area contributed by atoms with Gasteiger partial charge in [0.25, 0.3) is 5.69 Å². The van der Waals surface area contributed by atoms with Gasteiger partial charge in [-0.15, -0.1) is 0 Å². The highest BCUT2D eigenvalue weighted by Crippen LogP contribution is 2.27. The number of nitrogens with zero attached hydrogens (tertiary/aromatic N) is 2. The lowest BCUT2D eigenvalue weighted by molar-refractivity contribution is -0.384. The minimum absolute atomic E-state index is 0.0962. The standard InChI is InChI=1S/C15H20ClN3O3/c1-10-5-7-18(8-6-10)11(2)15(20)17-14-4-3-12(19(21)22)9-13(14)16/h3-4,9-11H,5-8H2,1-2H3,(H,17,20). The van der Waals surface area contributed by atoms with E-state index in [4.69, 9.17) is 11.6 Å². The first-order valence-corrected chi connectivity index (χ1v) is 7.75. The van der Waals surface area contributed by atoms with E-state index in [0.717, 1.165) is 25.9 Å². The highest BCUT2D eigenvalue weighted by Gasteiger charge is 2.25. The molecule has 2 rings (SSSR count). The zero-order valence-corrected chi connectivity index (χ0v) is 13.5. The Hall–Kier alpha value is -1.66. The lowest BCUT2D eigenvalue weighted by atomic mass is 9.98. The molecule has 1 atom stereocenters. The summed E-state index contributed by atoms with van der Waals surface area (Å²) in [5.41, 5.74) is 0.301. The van der Waals surface area contributed by atoms with Crippen LogP contribution < -0.4 is 5.32 Å². The topological polar surface area (TPSA) is 75.5 Å². The van der Waals surface area contributed by atoms with Crippen LogP contribution in [0.3, 0.4) is 0 Å². The number of amides is 1. The van der Waals surface area contributed by atoms with Gasteiger partial charge in [-0.3, -0.25) is 19.8 Å². The Labute approximate surface area is 134 Å². The molecule has 1 saturated heterocycles. The quantitative estimate of drug-likeness (QED) is 0.680. The van der Waals surface area contributed by atoms with Crippen molar-refractivity contribution in [3.8, 4) is 0 Å². The van der Waals surface area contributed by atoms with Crippen molar-refractivity contribution in [2.24, 2.45) is 5.92 Å². The fourth-order valence-electron chi connectivity index (χ4n) is 2.54. The number of halogens is 1. The largest absolute Gasteiger partial charge is 0.323 e. The van der Waals surface area contributed by atoms with Gasteiger partial charge in [0.05, 0.1) is 21.7 Å². The van der Waals surface area contributed by atoms with E-state index in [1.54, 1.807) is 0 Å². The number of piperidine rings is 1. The third-order valence-electron chi connectivity index (χ3n) is 4.17. The molecule has 6 nitrogen and oxygen atoms in total. The molecule has 22 heavy (non-hydrogen) atoms. The Morgan fingerprint density at radius 1 is 1.45 bits per heavy atom. The van der Waals surface area contributed by atoms with Crippen LogP contribution in [0.25, 0.3) is 0 Å². The van der Waals surface area contributed by atoms with Gasteiger partial charge in [-0.05, 0) is 44.8 Å². The molecule has 0 radical (unpaired) electrons. The first-order valence-electron chi connectivity index (χ1n) is 7.37. The van der Waals surface area contributed by atoms with Gasteiger partial charge in [0.2, 0.25) is 5.91 Å². The Bertz CT molecular complexity index is 571. The number of carbonyl (C=O) groups is 1. The number of anilines is 1. The second-order valence-corrected chi connectivity index (χ2v) is 6.21. The van der Waals surface area contributed by atoms with Crippen LogP contribution in [0.15, 0.2) is 18.2 Å². The van der Waals surface area contributed by atoms with E-state index in [9.17, 15) is 14.9 Å². The Kier molecular flexibility index (Phi) is 5.37. The summed E-state index contributed by atoms with van der Waals surface area (Å²) in [5.74, 6) is 0.556. The van der Waals surface area contributed by atoms with Gasteiger partial charge in [0.15, 0.2) is 0 Å². The normalized spacial score (nSPS) is 18.0. The van der Waals surface area contributed by atoms with Gasteiger partial charge < -0.3 is 5.32 Å². The van der Waals surface area contributed by atoms with Crippen molar-refractivity contribution in [3.63, 3.8) is 0 Å². The maximum absolute atomic E-state index is 12.3. The number of non-ortho nitro benzene ring substituents is 1. The Balaban J connectivity index is 2.00. The van der Waals surface area contributed by atoms with Crippen LogP contribution in [0, 0.1) is 16.0 Å². The number of rotatable bonds is 4. The molecule has 1 heterocycles. The van der Waals surface area contributed by atoms with Crippen molar-refractivity contribution in [3.05, 3.63) is 33.3 Å². The second-order valence-electron chi connectivity index (χ2n) is 5.80. The van der Waals surface area contributed by atoms with E-state index in [1.165, 1.54) is 18.2 Å². The molecule has 1 aliphatic heterocycles. The summed E-state index contributed by atoms with van der Waals surface area (Å²) in [5, 5.41) is 13.6. The van der Waals surface area contributed by atoms with Gasteiger partial charge in [0, 0.05) is 12.1 Å². The number of benzene rings is 1. The van der Waals surface area contributed by atoms with E-state index < -0.39 is 4.92 Å². The molecule has 0 bridgehead atoms. The van der Waals surface area contributed by atoms with E-state index in [2.05, 4.69) is 17.1 Å². The SMILES string of the molecule is CC1CCN(C(C)C(=O)Nc2ccc([N+](=O)[O-])cc2Cl)CC1. The molecule has 0 spiro atoms. The second kappa shape index (κ2) is 7.07. The molecule has 1 N–H and O–H groups in total. The minimum atomic E-state index is -0.519. The van der Waals surface area contributed by atoms with Crippen LogP contribution in [0.1, 0.15) is 26.7 Å². The third-order valence-corrected chi connectivity index (χ3v) is 4.48. The predicted octanol–water partition coefficient (Wildman–Crippen LogP) is 3.31. The summed E-state index contributed by atoms with van der Waals surface area (Å²) in [7, 11) is 0. The molecule has 1 fully saturated rings. The number of carbonyl (C=O) groups excluding carboxylic acids is 1. The molecular formula is C15H20ClN3O3. The van der Waals surface area contributed by atoms with Crippen molar-refractivity contribution in [2.45, 2.75) is 32.7 Å². The highest BCUT2D eigenvalue weighted by molar-refractivity contribution is 6.34. The van der Waals surface area contributed by atoms with Crippen molar-refractivity contribution >= 4 is 28.9 Å². The van der Waals surface area contributed by atoms with Crippen molar-refractivity contribution in [1.29, 1.82) is 0 Å². The number of nitrogens with one attached hydrogen (secondary N) is 1. The van der Waals surface area contributed by atoms with Gasteiger partial charge in [-0.25, -0.2) is 0 Å². The van der Waals surface area contributed by atoms with E-state index >= 15 is 0 Å². The zero-order chi connectivity index (χ0) is 16.3. The molecule has 1 aromatic carbocycles. The summed E-state index contributed by atoms with van der Waals surface area (Å²) >= 11 is 5.99. The van der Waals surface area contributed by atoms with Crippen molar-refractivity contribution in [1.82, 2.24) is 4.90 Å². The van der Waals surface area contributed by atoms with Crippen molar-refractivity contribution in [2.75, 3.05) is 18.4 Å². The molecule has 120 valence electrons. The van der Waals surface area contributed by atoms with E-state index in [-0.39, 0.29) is 22.7 Å². The minimum Gasteiger partial charge on any atom is -0.323 e. The highest BCUT2D eigenvalue weighted by atomic mass is 35.5. The zero-order valence-electron chi connectivity index (χ0n) is 12.7. The smallest absolute Gasteiger partial charge is 0.271 e.